The molecule has 0 saturated heterocycles. The lowest BCUT2D eigenvalue weighted by Gasteiger charge is -2.15. The third kappa shape index (κ3) is 8.93. The Kier molecular flexibility index (Phi) is 9.63. The summed E-state index contributed by atoms with van der Waals surface area (Å²) in [7, 11) is 3.48. The third-order valence-electron chi connectivity index (χ3n) is 2.94. The van der Waals surface area contributed by atoms with Crippen LogP contribution in [0.1, 0.15) is 5.56 Å². The van der Waals surface area contributed by atoms with Gasteiger partial charge in [-0.25, -0.2) is 4.99 Å². The lowest BCUT2D eigenvalue weighted by Crippen LogP contribution is -2.43. The molecule has 1 aromatic rings. The molecule has 2 N–H and O–H groups in total. The van der Waals surface area contributed by atoms with Gasteiger partial charge in [-0.05, 0) is 5.56 Å². The Morgan fingerprint density at radius 3 is 2.70 bits per heavy atom. The Balaban J connectivity index is 2.52. The first-order valence-electron chi connectivity index (χ1n) is 7.58. The Morgan fingerprint density at radius 2 is 2.04 bits per heavy atom. The summed E-state index contributed by atoms with van der Waals surface area (Å²) in [5.41, 5.74) is 1.13. The first kappa shape index (κ1) is 19.1. The molecule has 0 heterocycles. The van der Waals surface area contributed by atoms with Crippen molar-refractivity contribution in [2.45, 2.75) is 6.54 Å². The fourth-order valence-electron chi connectivity index (χ4n) is 1.65. The quantitative estimate of drug-likeness (QED) is 0.313. The standard InChI is InChI=1S/C17H26N4OS/c1-4-11-23-12-10-18-17(20-14-16(22)21(2)3)19-13-15-8-6-5-7-9-15/h4-9H,1,10-14H2,2-3H3,(H2,18,19,20). The Labute approximate surface area is 143 Å². The Hall–Kier alpha value is -1.95. The fourth-order valence-corrected chi connectivity index (χ4v) is 2.23. The third-order valence-corrected chi connectivity index (χ3v) is 3.91. The molecule has 1 aromatic carbocycles. The number of carbonyl (C=O) groups excluding carboxylic acids is 1. The van der Waals surface area contributed by atoms with Crippen molar-refractivity contribution in [3.05, 3.63) is 48.6 Å². The summed E-state index contributed by atoms with van der Waals surface area (Å²) in [4.78, 5) is 17.8. The number of nitrogens with one attached hydrogen (secondary N) is 2. The SMILES string of the molecule is C=CCSCCNC(=NCc1ccccc1)NCC(=O)N(C)C. The van der Waals surface area contributed by atoms with Crippen molar-refractivity contribution in [2.24, 2.45) is 4.99 Å². The smallest absolute Gasteiger partial charge is 0.241 e. The number of likely N-dealkylation sites (N-methyl/N-ethyl adjacent to an activating group) is 1. The van der Waals surface area contributed by atoms with Crippen LogP contribution in [-0.4, -0.2) is 55.5 Å². The van der Waals surface area contributed by atoms with Gasteiger partial charge in [-0.1, -0.05) is 36.4 Å². The monoisotopic (exact) mass is 334 g/mol. The molecular weight excluding hydrogens is 308 g/mol. The molecule has 0 unspecified atom stereocenters. The van der Waals surface area contributed by atoms with E-state index in [0.717, 1.165) is 23.6 Å². The van der Waals surface area contributed by atoms with E-state index in [1.807, 2.05) is 36.4 Å². The van der Waals surface area contributed by atoms with Gasteiger partial charge in [0.15, 0.2) is 5.96 Å². The Bertz CT molecular complexity index is 503. The summed E-state index contributed by atoms with van der Waals surface area (Å²) in [6.45, 7) is 5.29. The number of hydrogen-bond donors (Lipinski definition) is 2. The van der Waals surface area contributed by atoms with E-state index in [1.54, 1.807) is 30.8 Å². The molecule has 6 heteroatoms. The number of carbonyl (C=O) groups is 1. The molecule has 0 aromatic heterocycles. The van der Waals surface area contributed by atoms with Crippen molar-refractivity contribution in [2.75, 3.05) is 38.7 Å². The fraction of sp³-hybridized carbons (Fsp3) is 0.412. The molecule has 126 valence electrons. The summed E-state index contributed by atoms with van der Waals surface area (Å²) < 4.78 is 0. The van der Waals surface area contributed by atoms with Crippen molar-refractivity contribution in [1.82, 2.24) is 15.5 Å². The molecule has 1 amide bonds. The van der Waals surface area contributed by atoms with Gasteiger partial charge in [-0.15, -0.1) is 6.58 Å². The van der Waals surface area contributed by atoms with Gasteiger partial charge in [0.1, 0.15) is 0 Å². The molecule has 23 heavy (non-hydrogen) atoms. The van der Waals surface area contributed by atoms with Gasteiger partial charge in [-0.2, -0.15) is 11.8 Å². The summed E-state index contributed by atoms with van der Waals surface area (Å²) in [5.74, 6) is 2.56. The highest BCUT2D eigenvalue weighted by Crippen LogP contribution is 2.00. The molecule has 0 radical (unpaired) electrons. The molecule has 0 fully saturated rings. The highest BCUT2D eigenvalue weighted by Gasteiger charge is 2.05. The van der Waals surface area contributed by atoms with E-state index < -0.39 is 0 Å². The van der Waals surface area contributed by atoms with Crippen LogP contribution in [0.15, 0.2) is 48.0 Å². The predicted molar refractivity (Wildman–Crippen MR) is 99.8 cm³/mol. The van der Waals surface area contributed by atoms with Crippen LogP contribution in [0.5, 0.6) is 0 Å². The van der Waals surface area contributed by atoms with Crippen molar-refractivity contribution in [1.29, 1.82) is 0 Å². The second-order valence-electron chi connectivity index (χ2n) is 5.08. The van der Waals surface area contributed by atoms with Gasteiger partial charge in [0, 0.05) is 32.1 Å². The maximum absolute atomic E-state index is 11.7. The molecule has 0 spiro atoms. The van der Waals surface area contributed by atoms with Gasteiger partial charge in [0.05, 0.1) is 13.1 Å². The lowest BCUT2D eigenvalue weighted by atomic mass is 10.2. The summed E-state index contributed by atoms with van der Waals surface area (Å²) >= 11 is 1.80. The van der Waals surface area contributed by atoms with E-state index in [4.69, 9.17) is 0 Å². The Morgan fingerprint density at radius 1 is 1.30 bits per heavy atom. The normalized spacial score (nSPS) is 11.0. The lowest BCUT2D eigenvalue weighted by molar-refractivity contribution is -0.127. The maximum Gasteiger partial charge on any atom is 0.241 e. The number of guanidine groups is 1. The first-order chi connectivity index (χ1) is 11.1. The van der Waals surface area contributed by atoms with Crippen molar-refractivity contribution < 1.29 is 4.79 Å². The van der Waals surface area contributed by atoms with Gasteiger partial charge in [0.2, 0.25) is 5.91 Å². The van der Waals surface area contributed by atoms with Crippen LogP contribution < -0.4 is 10.6 Å². The number of hydrogen-bond acceptors (Lipinski definition) is 3. The van der Waals surface area contributed by atoms with Crippen molar-refractivity contribution in [3.63, 3.8) is 0 Å². The maximum atomic E-state index is 11.7. The number of benzene rings is 1. The van der Waals surface area contributed by atoms with Crippen LogP contribution in [0.2, 0.25) is 0 Å². The van der Waals surface area contributed by atoms with E-state index in [2.05, 4.69) is 22.2 Å². The predicted octanol–water partition coefficient (Wildman–Crippen LogP) is 1.73. The second kappa shape index (κ2) is 11.6. The van der Waals surface area contributed by atoms with Gasteiger partial charge >= 0.3 is 0 Å². The van der Waals surface area contributed by atoms with E-state index in [-0.39, 0.29) is 12.5 Å². The van der Waals surface area contributed by atoms with Crippen LogP contribution in [0, 0.1) is 0 Å². The van der Waals surface area contributed by atoms with Crippen LogP contribution in [0.25, 0.3) is 0 Å². The van der Waals surface area contributed by atoms with Crippen LogP contribution in [0.3, 0.4) is 0 Å². The molecule has 0 aliphatic rings. The van der Waals surface area contributed by atoms with E-state index >= 15 is 0 Å². The number of thioether (sulfide) groups is 1. The van der Waals surface area contributed by atoms with Gasteiger partial charge in [0.25, 0.3) is 0 Å². The van der Waals surface area contributed by atoms with Crippen molar-refractivity contribution in [3.8, 4) is 0 Å². The van der Waals surface area contributed by atoms with Crippen LogP contribution in [-0.2, 0) is 11.3 Å². The highest BCUT2D eigenvalue weighted by molar-refractivity contribution is 7.99. The van der Waals surface area contributed by atoms with E-state index in [9.17, 15) is 4.79 Å². The minimum Gasteiger partial charge on any atom is -0.356 e. The minimum absolute atomic E-state index is 0.0141. The zero-order valence-electron chi connectivity index (χ0n) is 13.9. The molecule has 0 aliphatic heterocycles. The summed E-state index contributed by atoms with van der Waals surface area (Å²) in [5, 5.41) is 6.34. The van der Waals surface area contributed by atoms with Gasteiger partial charge in [-0.3, -0.25) is 4.79 Å². The zero-order valence-corrected chi connectivity index (χ0v) is 14.7. The topological polar surface area (TPSA) is 56.7 Å². The number of nitrogens with zero attached hydrogens (tertiary/aromatic N) is 2. The molecule has 0 atom stereocenters. The number of amides is 1. The largest absolute Gasteiger partial charge is 0.356 e. The van der Waals surface area contributed by atoms with Crippen molar-refractivity contribution >= 4 is 23.6 Å². The van der Waals surface area contributed by atoms with E-state index in [0.29, 0.717) is 12.5 Å². The highest BCUT2D eigenvalue weighted by atomic mass is 32.2. The number of aliphatic imine (C=N–C) groups is 1. The van der Waals surface area contributed by atoms with Crippen LogP contribution in [0.4, 0.5) is 0 Å². The summed E-state index contributed by atoms with van der Waals surface area (Å²) in [6.07, 6.45) is 1.89. The molecule has 0 aliphatic carbocycles. The average Bonchev–Trinajstić information content (AvgIpc) is 2.56. The number of rotatable bonds is 9. The molecule has 0 bridgehead atoms. The van der Waals surface area contributed by atoms with Crippen LogP contribution >= 0.6 is 11.8 Å². The molecule has 5 nitrogen and oxygen atoms in total. The minimum atomic E-state index is 0.0141. The zero-order chi connectivity index (χ0) is 16.9. The molecule has 1 rings (SSSR count). The van der Waals surface area contributed by atoms with E-state index in [1.165, 1.54) is 0 Å². The van der Waals surface area contributed by atoms with Gasteiger partial charge < -0.3 is 15.5 Å². The average molecular weight is 334 g/mol. The first-order valence-corrected chi connectivity index (χ1v) is 8.74. The molecule has 0 saturated carbocycles. The molecular formula is C17H26N4OS. The second-order valence-corrected chi connectivity index (χ2v) is 6.23. The summed E-state index contributed by atoms with van der Waals surface area (Å²) in [6, 6.07) is 10.0.